The highest BCUT2D eigenvalue weighted by Crippen LogP contribution is 2.33. The molecule has 104 valence electrons. The van der Waals surface area contributed by atoms with E-state index in [0.29, 0.717) is 5.92 Å². The van der Waals surface area contributed by atoms with E-state index in [0.717, 1.165) is 36.1 Å². The maximum absolute atomic E-state index is 10.7. The number of non-ortho nitro benzene ring substituents is 1. The number of piperidine rings is 1. The van der Waals surface area contributed by atoms with Gasteiger partial charge in [-0.3, -0.25) is 10.1 Å². The van der Waals surface area contributed by atoms with E-state index in [1.54, 1.807) is 12.1 Å². The topological polar surface area (TPSA) is 72.4 Å². The van der Waals surface area contributed by atoms with Gasteiger partial charge >= 0.3 is 0 Å². The van der Waals surface area contributed by atoms with Crippen molar-refractivity contribution in [3.8, 4) is 0 Å². The molecule has 0 radical (unpaired) electrons. The predicted octanol–water partition coefficient (Wildman–Crippen LogP) is 2.92. The van der Waals surface area contributed by atoms with Gasteiger partial charge < -0.3 is 10.6 Å². The standard InChI is InChI=1S/C13H18BrN3O2/c1-2-9-8-16(6-5-12(9)15)13-4-3-10(17(18)19)7-11(13)14/h3-4,7,9,12H,2,5-6,8,15H2,1H3. The van der Waals surface area contributed by atoms with E-state index in [4.69, 9.17) is 5.73 Å². The molecule has 2 atom stereocenters. The van der Waals surface area contributed by atoms with Gasteiger partial charge in [0.25, 0.3) is 5.69 Å². The smallest absolute Gasteiger partial charge is 0.270 e. The Morgan fingerprint density at radius 2 is 2.32 bits per heavy atom. The van der Waals surface area contributed by atoms with Crippen molar-refractivity contribution in [3.05, 3.63) is 32.8 Å². The Labute approximate surface area is 121 Å². The van der Waals surface area contributed by atoms with E-state index in [-0.39, 0.29) is 16.7 Å². The summed E-state index contributed by atoms with van der Waals surface area (Å²) >= 11 is 3.43. The van der Waals surface area contributed by atoms with Gasteiger partial charge in [0.1, 0.15) is 0 Å². The summed E-state index contributed by atoms with van der Waals surface area (Å²) < 4.78 is 0.770. The van der Waals surface area contributed by atoms with Crippen molar-refractivity contribution in [1.29, 1.82) is 0 Å². The molecule has 0 saturated carbocycles. The molecule has 6 heteroatoms. The van der Waals surface area contributed by atoms with E-state index < -0.39 is 0 Å². The Bertz CT molecular complexity index is 481. The summed E-state index contributed by atoms with van der Waals surface area (Å²) in [6.45, 7) is 3.96. The first-order chi connectivity index (χ1) is 9.02. The molecule has 1 heterocycles. The zero-order valence-corrected chi connectivity index (χ0v) is 12.5. The Kier molecular flexibility index (Phi) is 4.42. The second kappa shape index (κ2) is 5.88. The van der Waals surface area contributed by atoms with E-state index in [2.05, 4.69) is 27.8 Å². The van der Waals surface area contributed by atoms with E-state index in [1.807, 2.05) is 6.07 Å². The second-order valence-electron chi connectivity index (χ2n) is 4.96. The molecule has 5 nitrogen and oxygen atoms in total. The lowest BCUT2D eigenvalue weighted by Crippen LogP contribution is -2.47. The van der Waals surface area contributed by atoms with Crippen LogP contribution < -0.4 is 10.6 Å². The van der Waals surface area contributed by atoms with Crippen molar-refractivity contribution in [2.45, 2.75) is 25.8 Å². The van der Waals surface area contributed by atoms with Crippen LogP contribution >= 0.6 is 15.9 Å². The minimum atomic E-state index is -0.379. The van der Waals surface area contributed by atoms with Gasteiger partial charge in [0.05, 0.1) is 10.6 Å². The van der Waals surface area contributed by atoms with Crippen molar-refractivity contribution in [1.82, 2.24) is 0 Å². The molecule has 2 N–H and O–H groups in total. The number of hydrogen-bond acceptors (Lipinski definition) is 4. The van der Waals surface area contributed by atoms with Crippen LogP contribution in [0.5, 0.6) is 0 Å². The number of nitrogens with zero attached hydrogens (tertiary/aromatic N) is 2. The van der Waals surface area contributed by atoms with Gasteiger partial charge in [-0.2, -0.15) is 0 Å². The van der Waals surface area contributed by atoms with Gasteiger partial charge in [0.2, 0.25) is 0 Å². The van der Waals surface area contributed by atoms with Crippen molar-refractivity contribution in [3.63, 3.8) is 0 Å². The Hall–Kier alpha value is -1.14. The molecule has 1 aliphatic rings. The van der Waals surface area contributed by atoms with Gasteiger partial charge in [-0.05, 0) is 34.3 Å². The molecule has 0 bridgehead atoms. The zero-order valence-electron chi connectivity index (χ0n) is 10.9. The van der Waals surface area contributed by atoms with Crippen molar-refractivity contribution < 1.29 is 4.92 Å². The van der Waals surface area contributed by atoms with Crippen LogP contribution in [-0.2, 0) is 0 Å². The van der Waals surface area contributed by atoms with Gasteiger partial charge in [-0.15, -0.1) is 0 Å². The van der Waals surface area contributed by atoms with E-state index in [1.165, 1.54) is 0 Å². The third-order valence-corrected chi connectivity index (χ3v) is 4.44. The highest BCUT2D eigenvalue weighted by Gasteiger charge is 2.26. The van der Waals surface area contributed by atoms with Crippen LogP contribution in [0.1, 0.15) is 19.8 Å². The van der Waals surface area contributed by atoms with Crippen LogP contribution in [0.25, 0.3) is 0 Å². The quantitative estimate of drug-likeness (QED) is 0.684. The summed E-state index contributed by atoms with van der Waals surface area (Å²) in [4.78, 5) is 12.6. The minimum Gasteiger partial charge on any atom is -0.370 e. The molecule has 0 aromatic heterocycles. The van der Waals surface area contributed by atoms with Crippen LogP contribution in [0.3, 0.4) is 0 Å². The molecular weight excluding hydrogens is 310 g/mol. The summed E-state index contributed by atoms with van der Waals surface area (Å²) in [5.41, 5.74) is 7.22. The molecule has 0 aliphatic carbocycles. The average molecular weight is 328 g/mol. The third-order valence-electron chi connectivity index (χ3n) is 3.80. The number of benzene rings is 1. The average Bonchev–Trinajstić information content (AvgIpc) is 2.39. The minimum absolute atomic E-state index is 0.108. The van der Waals surface area contributed by atoms with Crippen LogP contribution in [0.2, 0.25) is 0 Å². The Morgan fingerprint density at radius 1 is 1.58 bits per heavy atom. The third kappa shape index (κ3) is 3.06. The van der Waals surface area contributed by atoms with Crippen molar-refractivity contribution in [2.24, 2.45) is 11.7 Å². The van der Waals surface area contributed by atoms with Gasteiger partial charge in [0, 0.05) is 35.7 Å². The molecule has 2 unspecified atom stereocenters. The van der Waals surface area contributed by atoms with Crippen LogP contribution in [0, 0.1) is 16.0 Å². The first kappa shape index (κ1) is 14.3. The fourth-order valence-corrected chi connectivity index (χ4v) is 3.18. The normalized spacial score (nSPS) is 23.4. The molecular formula is C13H18BrN3O2. The summed E-state index contributed by atoms with van der Waals surface area (Å²) in [6.07, 6.45) is 2.02. The van der Waals surface area contributed by atoms with Gasteiger partial charge in [0.15, 0.2) is 0 Å². The van der Waals surface area contributed by atoms with Crippen LogP contribution in [0.4, 0.5) is 11.4 Å². The molecule has 0 spiro atoms. The summed E-state index contributed by atoms with van der Waals surface area (Å²) in [6, 6.07) is 5.18. The van der Waals surface area contributed by atoms with Crippen molar-refractivity contribution in [2.75, 3.05) is 18.0 Å². The molecule has 1 saturated heterocycles. The fraction of sp³-hybridized carbons (Fsp3) is 0.538. The summed E-state index contributed by atoms with van der Waals surface area (Å²) in [5, 5.41) is 10.7. The second-order valence-corrected chi connectivity index (χ2v) is 5.81. The number of nitro groups is 1. The lowest BCUT2D eigenvalue weighted by atomic mass is 9.90. The number of anilines is 1. The summed E-state index contributed by atoms with van der Waals surface area (Å²) in [7, 11) is 0. The number of hydrogen-bond donors (Lipinski definition) is 1. The Morgan fingerprint density at radius 3 is 2.89 bits per heavy atom. The SMILES string of the molecule is CCC1CN(c2ccc([N+](=O)[O-])cc2Br)CCC1N. The Balaban J connectivity index is 2.20. The molecule has 2 rings (SSSR count). The zero-order chi connectivity index (χ0) is 14.0. The molecule has 0 amide bonds. The molecule has 1 fully saturated rings. The van der Waals surface area contributed by atoms with Gasteiger partial charge in [-0.1, -0.05) is 13.3 Å². The number of nitro benzene ring substituents is 1. The van der Waals surface area contributed by atoms with E-state index >= 15 is 0 Å². The number of halogens is 1. The first-order valence-electron chi connectivity index (χ1n) is 6.47. The highest BCUT2D eigenvalue weighted by atomic mass is 79.9. The maximum atomic E-state index is 10.7. The lowest BCUT2D eigenvalue weighted by Gasteiger charge is -2.38. The fourth-order valence-electron chi connectivity index (χ4n) is 2.57. The summed E-state index contributed by atoms with van der Waals surface area (Å²) in [5.74, 6) is 0.482. The molecule has 1 aliphatic heterocycles. The number of nitrogens with two attached hydrogens (primary N) is 1. The molecule has 19 heavy (non-hydrogen) atoms. The van der Waals surface area contributed by atoms with Crippen LogP contribution in [0.15, 0.2) is 22.7 Å². The number of rotatable bonds is 3. The van der Waals surface area contributed by atoms with E-state index in [9.17, 15) is 10.1 Å². The molecule has 1 aromatic rings. The largest absolute Gasteiger partial charge is 0.370 e. The maximum Gasteiger partial charge on any atom is 0.270 e. The highest BCUT2D eigenvalue weighted by molar-refractivity contribution is 9.10. The predicted molar refractivity (Wildman–Crippen MR) is 79.4 cm³/mol. The van der Waals surface area contributed by atoms with Crippen LogP contribution in [-0.4, -0.2) is 24.1 Å². The van der Waals surface area contributed by atoms with Crippen molar-refractivity contribution >= 4 is 27.3 Å². The monoisotopic (exact) mass is 327 g/mol. The molecule has 1 aromatic carbocycles. The lowest BCUT2D eigenvalue weighted by molar-refractivity contribution is -0.384. The van der Waals surface area contributed by atoms with Gasteiger partial charge in [-0.25, -0.2) is 0 Å². The first-order valence-corrected chi connectivity index (χ1v) is 7.26.